The van der Waals surface area contributed by atoms with E-state index in [2.05, 4.69) is 60.5 Å². The van der Waals surface area contributed by atoms with Crippen LogP contribution < -0.4 is 5.32 Å². The number of hydrogen-bond acceptors (Lipinski definition) is 4. The first-order chi connectivity index (χ1) is 19.3. The Hall–Kier alpha value is -3.61. The van der Waals surface area contributed by atoms with Gasteiger partial charge in [-0.3, -0.25) is 4.79 Å². The Kier molecular flexibility index (Phi) is 6.93. The standard InChI is InChI=1S/C33H40N4O3/c1-18(2)30(36-33(39)40-5)32(38)37-16-6-7-27(37)31-34-17-26(35-31)22-11-9-21(10-12-22)25-13-8-19(3)28-23-14-15-24(20(23)4)29(25)28/h8-13,17-18,20,23-24,27,30H,6-7,14-16H2,1-5H3,(H,34,35)(H,36,39)/t20?,23?,24?,27-,30-/m0/s1. The van der Waals surface area contributed by atoms with E-state index in [9.17, 15) is 9.59 Å². The van der Waals surface area contributed by atoms with E-state index < -0.39 is 12.1 Å². The third-order valence-corrected chi connectivity index (χ3v) is 9.65. The zero-order valence-corrected chi connectivity index (χ0v) is 24.2. The quantitative estimate of drug-likeness (QED) is 0.364. The number of amides is 2. The van der Waals surface area contributed by atoms with E-state index in [4.69, 9.17) is 9.72 Å². The van der Waals surface area contributed by atoms with Crippen LogP contribution in [0.4, 0.5) is 4.79 Å². The maximum Gasteiger partial charge on any atom is 0.407 e. The Morgan fingerprint density at radius 3 is 2.42 bits per heavy atom. The van der Waals surface area contributed by atoms with E-state index in [0.717, 1.165) is 41.8 Å². The van der Waals surface area contributed by atoms with Gasteiger partial charge in [0.05, 0.1) is 25.0 Å². The van der Waals surface area contributed by atoms with Crippen molar-refractivity contribution in [2.45, 2.75) is 77.3 Å². The number of aromatic amines is 1. The number of methoxy groups -OCH3 is 1. The highest BCUT2D eigenvalue weighted by molar-refractivity contribution is 5.86. The molecule has 2 heterocycles. The van der Waals surface area contributed by atoms with E-state index >= 15 is 0 Å². The molecule has 3 aliphatic rings. The molecule has 1 aliphatic heterocycles. The zero-order valence-electron chi connectivity index (χ0n) is 24.2. The van der Waals surface area contributed by atoms with Crippen molar-refractivity contribution in [1.82, 2.24) is 20.2 Å². The molecule has 0 spiro atoms. The molecule has 6 rings (SSSR count). The molecular formula is C33H40N4O3. The minimum Gasteiger partial charge on any atom is -0.453 e. The lowest BCUT2D eigenvalue weighted by atomic mass is 9.83. The Morgan fingerprint density at radius 1 is 1.02 bits per heavy atom. The molecule has 2 amide bonds. The van der Waals surface area contributed by atoms with Gasteiger partial charge in [0.25, 0.3) is 0 Å². The number of imidazole rings is 1. The zero-order chi connectivity index (χ0) is 28.1. The highest BCUT2D eigenvalue weighted by Crippen LogP contribution is 2.60. The summed E-state index contributed by atoms with van der Waals surface area (Å²) in [6, 6.07) is 12.6. The molecule has 7 heteroatoms. The molecule has 210 valence electrons. The van der Waals surface area contributed by atoms with Gasteiger partial charge in [0, 0.05) is 6.54 Å². The number of rotatable bonds is 6. The Morgan fingerprint density at radius 2 is 1.73 bits per heavy atom. The molecule has 2 N–H and O–H groups in total. The molecule has 2 aromatic carbocycles. The number of nitrogens with zero attached hydrogens (tertiary/aromatic N) is 2. The van der Waals surface area contributed by atoms with E-state index in [0.29, 0.717) is 12.5 Å². The van der Waals surface area contributed by atoms with Gasteiger partial charge in [-0.05, 0) is 89.7 Å². The summed E-state index contributed by atoms with van der Waals surface area (Å²) in [6.07, 6.45) is 5.63. The van der Waals surface area contributed by atoms with Crippen molar-refractivity contribution >= 4 is 12.0 Å². The second kappa shape index (κ2) is 10.4. The molecule has 2 bridgehead atoms. The van der Waals surface area contributed by atoms with Crippen molar-refractivity contribution in [1.29, 1.82) is 0 Å². The summed E-state index contributed by atoms with van der Waals surface area (Å²) in [5.74, 6) is 2.76. The largest absolute Gasteiger partial charge is 0.453 e. The fraction of sp³-hybridized carbons (Fsp3) is 0.485. The van der Waals surface area contributed by atoms with Crippen molar-refractivity contribution < 1.29 is 14.3 Å². The summed E-state index contributed by atoms with van der Waals surface area (Å²) < 4.78 is 4.75. The van der Waals surface area contributed by atoms with Gasteiger partial charge in [-0.2, -0.15) is 0 Å². The number of aromatic nitrogens is 2. The van der Waals surface area contributed by atoms with Crippen molar-refractivity contribution in [3.05, 3.63) is 65.1 Å². The van der Waals surface area contributed by atoms with E-state index in [1.54, 1.807) is 11.1 Å². The first-order valence-electron chi connectivity index (χ1n) is 14.7. The predicted molar refractivity (Wildman–Crippen MR) is 156 cm³/mol. The van der Waals surface area contributed by atoms with Gasteiger partial charge in [-0.1, -0.05) is 57.2 Å². The smallest absolute Gasteiger partial charge is 0.407 e. The van der Waals surface area contributed by atoms with Gasteiger partial charge < -0.3 is 19.9 Å². The monoisotopic (exact) mass is 540 g/mol. The van der Waals surface area contributed by atoms with Crippen LogP contribution in [0.1, 0.15) is 86.8 Å². The maximum atomic E-state index is 13.5. The average molecular weight is 541 g/mol. The summed E-state index contributed by atoms with van der Waals surface area (Å²) in [5.41, 5.74) is 9.31. The normalized spacial score (nSPS) is 23.9. The van der Waals surface area contributed by atoms with Crippen molar-refractivity contribution in [3.63, 3.8) is 0 Å². The van der Waals surface area contributed by atoms with E-state index in [1.165, 1.54) is 36.6 Å². The van der Waals surface area contributed by atoms with E-state index in [1.807, 2.05) is 24.9 Å². The van der Waals surface area contributed by atoms with Crippen LogP contribution in [0.25, 0.3) is 22.4 Å². The lowest BCUT2D eigenvalue weighted by molar-refractivity contribution is -0.135. The number of H-pyrrole nitrogens is 1. The lowest BCUT2D eigenvalue weighted by Gasteiger charge is -2.30. The Labute approximate surface area is 236 Å². The number of likely N-dealkylation sites (tertiary alicyclic amines) is 1. The summed E-state index contributed by atoms with van der Waals surface area (Å²) in [7, 11) is 1.31. The molecule has 1 aromatic heterocycles. The van der Waals surface area contributed by atoms with Crippen molar-refractivity contribution in [2.24, 2.45) is 11.8 Å². The molecular weight excluding hydrogens is 500 g/mol. The van der Waals surface area contributed by atoms with Crippen LogP contribution in [-0.2, 0) is 9.53 Å². The lowest BCUT2D eigenvalue weighted by Crippen LogP contribution is -2.51. The first-order valence-corrected chi connectivity index (χ1v) is 14.7. The van der Waals surface area contributed by atoms with Crippen LogP contribution in [0.2, 0.25) is 0 Å². The van der Waals surface area contributed by atoms with Gasteiger partial charge in [0.2, 0.25) is 5.91 Å². The van der Waals surface area contributed by atoms with Gasteiger partial charge >= 0.3 is 6.09 Å². The molecule has 2 fully saturated rings. The van der Waals surface area contributed by atoms with Crippen molar-refractivity contribution in [3.8, 4) is 22.4 Å². The van der Waals surface area contributed by atoms with Gasteiger partial charge in [0.15, 0.2) is 0 Å². The number of alkyl carbamates (subject to hydrolysis) is 1. The van der Waals surface area contributed by atoms with Gasteiger partial charge in [0.1, 0.15) is 11.9 Å². The number of carbonyl (C=O) groups excluding carboxylic acids is 2. The average Bonchev–Trinajstić information content (AvgIpc) is 3.75. The van der Waals surface area contributed by atoms with E-state index in [-0.39, 0.29) is 17.9 Å². The number of benzene rings is 2. The topological polar surface area (TPSA) is 87.3 Å². The second-order valence-corrected chi connectivity index (χ2v) is 12.2. The third-order valence-electron chi connectivity index (χ3n) is 9.65. The summed E-state index contributed by atoms with van der Waals surface area (Å²) in [5, 5.41) is 2.71. The third kappa shape index (κ3) is 4.40. The summed E-state index contributed by atoms with van der Waals surface area (Å²) in [6.45, 7) is 9.19. The Bertz CT molecular complexity index is 1430. The van der Waals surface area contributed by atoms with Crippen LogP contribution >= 0.6 is 0 Å². The highest BCUT2D eigenvalue weighted by atomic mass is 16.5. The first kappa shape index (κ1) is 26.6. The minimum absolute atomic E-state index is 0.0633. The molecule has 1 saturated carbocycles. The molecule has 3 unspecified atom stereocenters. The fourth-order valence-electron chi connectivity index (χ4n) is 7.54. The second-order valence-electron chi connectivity index (χ2n) is 12.2. The van der Waals surface area contributed by atoms with Crippen LogP contribution in [0, 0.1) is 18.8 Å². The van der Waals surface area contributed by atoms with Gasteiger partial charge in [-0.25, -0.2) is 9.78 Å². The predicted octanol–water partition coefficient (Wildman–Crippen LogP) is 6.71. The van der Waals surface area contributed by atoms with Crippen LogP contribution in [0.5, 0.6) is 0 Å². The minimum atomic E-state index is -0.642. The number of aryl methyl sites for hydroxylation is 1. The number of carbonyl (C=O) groups is 2. The van der Waals surface area contributed by atoms with Crippen LogP contribution in [0.3, 0.4) is 0 Å². The molecule has 7 nitrogen and oxygen atoms in total. The SMILES string of the molecule is COC(=O)N[C@H](C(=O)N1CCC[C@H]1c1ncc(-c2ccc(-c3ccc(C)c4c3C3CCC4C3C)cc2)[nH]1)C(C)C. The van der Waals surface area contributed by atoms with Gasteiger partial charge in [-0.15, -0.1) is 0 Å². The highest BCUT2D eigenvalue weighted by Gasteiger charge is 2.45. The van der Waals surface area contributed by atoms with Crippen molar-refractivity contribution in [2.75, 3.05) is 13.7 Å². The molecule has 3 aromatic rings. The number of hydrogen-bond donors (Lipinski definition) is 2. The molecule has 40 heavy (non-hydrogen) atoms. The maximum absolute atomic E-state index is 13.5. The molecule has 0 radical (unpaired) electrons. The molecule has 5 atom stereocenters. The number of nitrogens with one attached hydrogen (secondary N) is 2. The summed E-state index contributed by atoms with van der Waals surface area (Å²) in [4.78, 5) is 35.4. The molecule has 1 saturated heterocycles. The van der Waals surface area contributed by atoms with Crippen LogP contribution in [-0.4, -0.2) is 46.6 Å². The van der Waals surface area contributed by atoms with Crippen LogP contribution in [0.15, 0.2) is 42.6 Å². The number of fused-ring (bicyclic) bond motifs is 5. The summed E-state index contributed by atoms with van der Waals surface area (Å²) >= 11 is 0. The number of ether oxygens (including phenoxy) is 1. The fourth-order valence-corrected chi connectivity index (χ4v) is 7.54. The molecule has 2 aliphatic carbocycles. The Balaban J connectivity index is 1.22.